The number of alkyl halides is 1. The van der Waals surface area contributed by atoms with Crippen molar-refractivity contribution in [3.8, 4) is 0 Å². The van der Waals surface area contributed by atoms with Crippen molar-refractivity contribution in [2.75, 3.05) is 5.88 Å². The summed E-state index contributed by atoms with van der Waals surface area (Å²) in [5.41, 5.74) is 0. The van der Waals surface area contributed by atoms with Gasteiger partial charge in [-0.2, -0.15) is 16.7 Å². The van der Waals surface area contributed by atoms with E-state index in [1.807, 2.05) is 11.8 Å². The van der Waals surface area contributed by atoms with E-state index in [1.165, 1.54) is 32.1 Å². The molecular formula is C11H17ClN2OS. The molecule has 5 heteroatoms. The van der Waals surface area contributed by atoms with Gasteiger partial charge in [-0.15, -0.1) is 11.6 Å². The summed E-state index contributed by atoms with van der Waals surface area (Å²) in [5, 5.41) is 4.75. The molecule has 1 aliphatic rings. The first kappa shape index (κ1) is 12.2. The Hall–Kier alpha value is -0.220. The van der Waals surface area contributed by atoms with Gasteiger partial charge in [0.25, 0.3) is 0 Å². The Kier molecular flexibility index (Phi) is 4.97. The highest BCUT2D eigenvalue weighted by molar-refractivity contribution is 7.99. The van der Waals surface area contributed by atoms with E-state index in [4.69, 9.17) is 16.1 Å². The smallest absolute Gasteiger partial charge is 0.227 e. The first-order valence-corrected chi connectivity index (χ1v) is 7.46. The number of hydrogen-bond acceptors (Lipinski definition) is 4. The zero-order chi connectivity index (χ0) is 11.2. The van der Waals surface area contributed by atoms with Gasteiger partial charge in [-0.25, -0.2) is 0 Å². The van der Waals surface area contributed by atoms with Crippen LogP contribution in [0.1, 0.15) is 43.8 Å². The van der Waals surface area contributed by atoms with Crippen LogP contribution in [0.2, 0.25) is 0 Å². The predicted octanol–water partition coefficient (Wildman–Crippen LogP) is 3.42. The molecular weight excluding hydrogens is 244 g/mol. The maximum Gasteiger partial charge on any atom is 0.227 e. The third-order valence-electron chi connectivity index (χ3n) is 2.82. The van der Waals surface area contributed by atoms with Crippen LogP contribution in [0.25, 0.3) is 0 Å². The monoisotopic (exact) mass is 260 g/mol. The van der Waals surface area contributed by atoms with Gasteiger partial charge in [0.2, 0.25) is 5.89 Å². The van der Waals surface area contributed by atoms with Crippen molar-refractivity contribution in [3.63, 3.8) is 0 Å². The molecule has 0 atom stereocenters. The Morgan fingerprint density at radius 2 is 2.12 bits per heavy atom. The van der Waals surface area contributed by atoms with E-state index in [9.17, 15) is 0 Å². The van der Waals surface area contributed by atoms with Crippen molar-refractivity contribution < 1.29 is 4.52 Å². The number of thioether (sulfide) groups is 1. The fraction of sp³-hybridized carbons (Fsp3) is 0.818. The predicted molar refractivity (Wildman–Crippen MR) is 66.9 cm³/mol. The maximum absolute atomic E-state index is 5.61. The molecule has 0 amide bonds. The van der Waals surface area contributed by atoms with Crippen LogP contribution in [0.5, 0.6) is 0 Å². The lowest BCUT2D eigenvalue weighted by Gasteiger charge is -2.19. The summed E-state index contributed by atoms with van der Waals surface area (Å²) in [5.74, 6) is 2.89. The van der Waals surface area contributed by atoms with Crippen LogP contribution >= 0.6 is 23.4 Å². The lowest BCUT2D eigenvalue weighted by Crippen LogP contribution is -2.08. The topological polar surface area (TPSA) is 38.9 Å². The minimum absolute atomic E-state index is 0.539. The lowest BCUT2D eigenvalue weighted by atomic mass is 10.0. The van der Waals surface area contributed by atoms with Crippen molar-refractivity contribution >= 4 is 23.4 Å². The van der Waals surface area contributed by atoms with Crippen LogP contribution < -0.4 is 0 Å². The van der Waals surface area contributed by atoms with Crippen LogP contribution in [0.4, 0.5) is 0 Å². The van der Waals surface area contributed by atoms with Crippen LogP contribution in [0, 0.1) is 0 Å². The molecule has 3 nitrogen and oxygen atoms in total. The van der Waals surface area contributed by atoms with Gasteiger partial charge in [-0.3, -0.25) is 0 Å². The lowest BCUT2D eigenvalue weighted by molar-refractivity contribution is 0.378. The molecule has 0 aliphatic heterocycles. The average Bonchev–Trinajstić information content (AvgIpc) is 2.76. The van der Waals surface area contributed by atoms with Crippen molar-refractivity contribution in [3.05, 3.63) is 11.7 Å². The van der Waals surface area contributed by atoms with Gasteiger partial charge in [0, 0.05) is 17.6 Å². The van der Waals surface area contributed by atoms with E-state index >= 15 is 0 Å². The molecule has 0 saturated heterocycles. The molecule has 1 heterocycles. The third kappa shape index (κ3) is 3.67. The molecule has 16 heavy (non-hydrogen) atoms. The van der Waals surface area contributed by atoms with Gasteiger partial charge in [0.1, 0.15) is 0 Å². The molecule has 0 bridgehead atoms. The summed E-state index contributed by atoms with van der Waals surface area (Å²) in [4.78, 5) is 4.30. The first-order chi connectivity index (χ1) is 7.88. The summed E-state index contributed by atoms with van der Waals surface area (Å²) in [7, 11) is 0. The molecule has 2 rings (SSSR count). The van der Waals surface area contributed by atoms with E-state index < -0.39 is 0 Å². The number of aryl methyl sites for hydroxylation is 1. The molecule has 0 aromatic carbocycles. The van der Waals surface area contributed by atoms with E-state index in [0.717, 1.165) is 16.8 Å². The molecule has 0 N–H and O–H groups in total. The Morgan fingerprint density at radius 3 is 2.88 bits per heavy atom. The van der Waals surface area contributed by atoms with E-state index in [0.29, 0.717) is 18.2 Å². The van der Waals surface area contributed by atoms with Gasteiger partial charge in [-0.05, 0) is 12.8 Å². The molecule has 1 aliphatic carbocycles. The minimum atomic E-state index is 0.539. The summed E-state index contributed by atoms with van der Waals surface area (Å²) in [6.45, 7) is 0. The maximum atomic E-state index is 5.61. The van der Waals surface area contributed by atoms with Crippen molar-refractivity contribution in [1.29, 1.82) is 0 Å². The fourth-order valence-corrected chi connectivity index (χ4v) is 3.29. The second-order valence-corrected chi connectivity index (χ2v) is 5.78. The van der Waals surface area contributed by atoms with Crippen molar-refractivity contribution in [2.45, 2.75) is 49.5 Å². The second kappa shape index (κ2) is 6.50. The number of halogens is 1. The Balaban J connectivity index is 1.75. The van der Waals surface area contributed by atoms with E-state index in [1.54, 1.807) is 0 Å². The number of nitrogens with zero attached hydrogens (tertiary/aromatic N) is 2. The van der Waals surface area contributed by atoms with Crippen molar-refractivity contribution in [2.24, 2.45) is 0 Å². The summed E-state index contributed by atoms with van der Waals surface area (Å²) in [6.07, 6.45) is 7.51. The number of hydrogen-bond donors (Lipinski definition) is 0. The molecule has 1 fully saturated rings. The molecule has 0 unspecified atom stereocenters. The standard InChI is InChI=1S/C11H17ClN2OS/c12-7-6-11-13-10(14-15-11)8-16-9-4-2-1-3-5-9/h9H,1-8H2. The number of rotatable bonds is 5. The largest absolute Gasteiger partial charge is 0.339 e. The van der Waals surface area contributed by atoms with E-state index in [2.05, 4.69) is 10.1 Å². The van der Waals surface area contributed by atoms with Crippen LogP contribution in [0.15, 0.2) is 4.52 Å². The SMILES string of the molecule is ClCCc1nc(CSC2CCCCC2)no1. The Morgan fingerprint density at radius 1 is 1.31 bits per heavy atom. The van der Waals surface area contributed by atoms with Crippen LogP contribution in [0.3, 0.4) is 0 Å². The van der Waals surface area contributed by atoms with Crippen LogP contribution in [-0.2, 0) is 12.2 Å². The highest BCUT2D eigenvalue weighted by Crippen LogP contribution is 2.29. The van der Waals surface area contributed by atoms with Gasteiger partial charge >= 0.3 is 0 Å². The molecule has 0 spiro atoms. The molecule has 1 saturated carbocycles. The third-order valence-corrected chi connectivity index (χ3v) is 4.38. The second-order valence-electron chi connectivity index (χ2n) is 4.11. The number of aromatic nitrogens is 2. The first-order valence-electron chi connectivity index (χ1n) is 5.87. The summed E-state index contributed by atoms with van der Waals surface area (Å²) in [6, 6.07) is 0. The zero-order valence-corrected chi connectivity index (χ0v) is 10.9. The summed E-state index contributed by atoms with van der Waals surface area (Å²) >= 11 is 7.58. The minimum Gasteiger partial charge on any atom is -0.339 e. The van der Waals surface area contributed by atoms with Crippen LogP contribution in [-0.4, -0.2) is 21.3 Å². The highest BCUT2D eigenvalue weighted by atomic mass is 35.5. The fourth-order valence-electron chi connectivity index (χ4n) is 1.96. The quantitative estimate of drug-likeness (QED) is 0.761. The normalized spacial score (nSPS) is 17.8. The van der Waals surface area contributed by atoms with Gasteiger partial charge in [0.05, 0.1) is 5.75 Å². The Bertz CT molecular complexity index is 313. The molecule has 0 radical (unpaired) electrons. The van der Waals surface area contributed by atoms with Crippen molar-refractivity contribution in [1.82, 2.24) is 10.1 Å². The van der Waals surface area contributed by atoms with E-state index in [-0.39, 0.29) is 0 Å². The highest BCUT2D eigenvalue weighted by Gasteiger charge is 2.15. The molecule has 90 valence electrons. The molecule has 1 aromatic rings. The van der Waals surface area contributed by atoms with Gasteiger partial charge in [-0.1, -0.05) is 24.4 Å². The Labute approximate surface area is 105 Å². The average molecular weight is 261 g/mol. The van der Waals surface area contributed by atoms with Gasteiger partial charge < -0.3 is 4.52 Å². The summed E-state index contributed by atoms with van der Waals surface area (Å²) < 4.78 is 5.09. The molecule has 1 aromatic heterocycles. The zero-order valence-electron chi connectivity index (χ0n) is 9.32. The van der Waals surface area contributed by atoms with Gasteiger partial charge in [0.15, 0.2) is 5.82 Å².